The summed E-state index contributed by atoms with van der Waals surface area (Å²) in [6.07, 6.45) is 7.71. The Balaban J connectivity index is 0.000000747. The molecule has 11 heteroatoms. The van der Waals surface area contributed by atoms with Crippen molar-refractivity contribution < 1.29 is 24.5 Å². The van der Waals surface area contributed by atoms with Crippen molar-refractivity contribution in [3.05, 3.63) is 60.2 Å². The fraction of sp³-hybridized carbons (Fsp3) is 0.346. The van der Waals surface area contributed by atoms with Crippen molar-refractivity contribution in [1.82, 2.24) is 24.4 Å². The predicted octanol–water partition coefficient (Wildman–Crippen LogP) is 4.51. The van der Waals surface area contributed by atoms with Crippen molar-refractivity contribution in [2.75, 3.05) is 19.5 Å². The topological polar surface area (TPSA) is 158 Å². The molecule has 5 rings (SSSR count). The monoisotopic (exact) mass is 506 g/mol. The van der Waals surface area contributed by atoms with E-state index >= 15 is 0 Å². The fourth-order valence-electron chi connectivity index (χ4n) is 4.91. The molecule has 1 aliphatic carbocycles. The number of nitrogen functional groups attached to an aromatic ring is 1. The van der Waals surface area contributed by atoms with Gasteiger partial charge in [-0.2, -0.15) is 14.7 Å². The smallest absolute Gasteiger partial charge is 0.450 e. The predicted molar refractivity (Wildman–Crippen MR) is 137 cm³/mol. The molecular formula is C26H30N6O5. The highest BCUT2D eigenvalue weighted by atomic mass is 16.6. The van der Waals surface area contributed by atoms with E-state index in [1.807, 2.05) is 41.2 Å². The molecule has 0 radical (unpaired) electrons. The van der Waals surface area contributed by atoms with Crippen LogP contribution in [0.5, 0.6) is 0 Å². The van der Waals surface area contributed by atoms with Crippen LogP contribution in [-0.2, 0) is 4.74 Å². The van der Waals surface area contributed by atoms with Gasteiger partial charge < -0.3 is 20.7 Å². The Labute approximate surface area is 213 Å². The van der Waals surface area contributed by atoms with Crippen LogP contribution in [0, 0.1) is 5.92 Å². The molecular weight excluding hydrogens is 476 g/mol. The number of para-hydroxylation sites is 1. The quantitative estimate of drug-likeness (QED) is 0.320. The zero-order chi connectivity index (χ0) is 26.5. The number of hydrogen-bond donors (Lipinski definition) is 3. The minimum absolute atomic E-state index is 0.0788. The largest absolute Gasteiger partial charge is 0.503 e. The van der Waals surface area contributed by atoms with Gasteiger partial charge in [0, 0.05) is 37.0 Å². The van der Waals surface area contributed by atoms with Crippen molar-refractivity contribution in [2.45, 2.75) is 38.5 Å². The van der Waals surface area contributed by atoms with Crippen LogP contribution in [0.25, 0.3) is 22.5 Å². The van der Waals surface area contributed by atoms with Gasteiger partial charge in [-0.15, -0.1) is 0 Å². The number of Topliss-reactive ketones (excluding diaryl/α,β-unsaturated/α-hetero) is 1. The molecule has 37 heavy (non-hydrogen) atoms. The summed E-state index contributed by atoms with van der Waals surface area (Å²) in [4.78, 5) is 26.1. The second kappa shape index (κ2) is 11.2. The van der Waals surface area contributed by atoms with Crippen LogP contribution in [0.1, 0.15) is 54.6 Å². The Hall–Kier alpha value is -4.25. The Kier molecular flexibility index (Phi) is 7.83. The number of carbonyl (C=O) groups excluding carboxylic acids is 1. The van der Waals surface area contributed by atoms with E-state index in [9.17, 15) is 4.79 Å². The lowest BCUT2D eigenvalue weighted by Crippen LogP contribution is -2.21. The van der Waals surface area contributed by atoms with E-state index in [1.165, 1.54) is 0 Å². The number of rotatable bonds is 6. The highest BCUT2D eigenvalue weighted by molar-refractivity contribution is 6.00. The molecule has 3 heterocycles. The average molecular weight is 507 g/mol. The van der Waals surface area contributed by atoms with Crippen molar-refractivity contribution in [2.24, 2.45) is 5.92 Å². The van der Waals surface area contributed by atoms with E-state index in [-0.39, 0.29) is 11.7 Å². The van der Waals surface area contributed by atoms with E-state index in [1.54, 1.807) is 30.9 Å². The van der Waals surface area contributed by atoms with Gasteiger partial charge in [-0.1, -0.05) is 18.2 Å². The fourth-order valence-corrected chi connectivity index (χ4v) is 4.91. The Bertz CT molecular complexity index is 1390. The number of anilines is 1. The van der Waals surface area contributed by atoms with Crippen LogP contribution in [0.2, 0.25) is 0 Å². The Morgan fingerprint density at radius 2 is 1.76 bits per heavy atom. The second-order valence-corrected chi connectivity index (χ2v) is 9.07. The van der Waals surface area contributed by atoms with Crippen LogP contribution >= 0.6 is 0 Å². The number of carboxylic acid groups (broad SMARTS) is 2. The number of fused-ring (bicyclic) bond motifs is 1. The number of ketones is 1. The molecule has 1 aromatic carbocycles. The SMILES string of the molecule is COC[C@H]1CC[C@H](c2nc3c(-c4cnn(-c5ccccc5)c4)cnn3c(N)c2C(C)=O)CC1.O=C(O)O. The number of nitrogens with two attached hydrogens (primary N) is 1. The number of aromatic nitrogens is 5. The van der Waals surface area contributed by atoms with Crippen LogP contribution in [0.3, 0.4) is 0 Å². The molecule has 11 nitrogen and oxygen atoms in total. The maximum absolute atomic E-state index is 12.6. The van der Waals surface area contributed by atoms with Gasteiger partial charge in [-0.25, -0.2) is 14.5 Å². The summed E-state index contributed by atoms with van der Waals surface area (Å²) in [6.45, 7) is 2.33. The summed E-state index contributed by atoms with van der Waals surface area (Å²) in [5.41, 5.74) is 11.1. The molecule has 4 N–H and O–H groups in total. The molecule has 0 atom stereocenters. The van der Waals surface area contributed by atoms with Crippen LogP contribution in [0.15, 0.2) is 48.9 Å². The van der Waals surface area contributed by atoms with Crippen molar-refractivity contribution in [3.8, 4) is 16.8 Å². The molecule has 1 fully saturated rings. The van der Waals surface area contributed by atoms with Crippen LogP contribution < -0.4 is 5.73 Å². The van der Waals surface area contributed by atoms with Gasteiger partial charge in [0.25, 0.3) is 0 Å². The molecule has 0 spiro atoms. The lowest BCUT2D eigenvalue weighted by atomic mass is 9.79. The van der Waals surface area contributed by atoms with Gasteiger partial charge >= 0.3 is 6.16 Å². The standard InChI is InChI=1S/C25H28N6O2.CH2O3/c1-16(32)22-23(18-10-8-17(9-11-18)15-33-2)29-25-21(13-28-31(25)24(22)26)19-12-27-30(14-19)20-6-4-3-5-7-20;2-1(3)4/h3-7,12-14,17-18H,8-11,15,26H2,1-2H3;(H2,2,3,4)/t17-,18-;. The Morgan fingerprint density at radius 1 is 1.08 bits per heavy atom. The lowest BCUT2D eigenvalue weighted by molar-refractivity contribution is 0.101. The van der Waals surface area contributed by atoms with Crippen molar-refractivity contribution in [3.63, 3.8) is 0 Å². The minimum atomic E-state index is -1.83. The average Bonchev–Trinajstić information content (AvgIpc) is 3.52. The van der Waals surface area contributed by atoms with Gasteiger partial charge in [0.05, 0.1) is 29.3 Å². The van der Waals surface area contributed by atoms with Gasteiger partial charge in [0.2, 0.25) is 0 Å². The third-order valence-electron chi connectivity index (χ3n) is 6.61. The molecule has 3 aromatic heterocycles. The van der Waals surface area contributed by atoms with E-state index < -0.39 is 6.16 Å². The summed E-state index contributed by atoms with van der Waals surface area (Å²) in [6, 6.07) is 9.93. The molecule has 0 saturated heterocycles. The van der Waals surface area contributed by atoms with Crippen LogP contribution in [-0.4, -0.2) is 60.2 Å². The van der Waals surface area contributed by atoms with Gasteiger partial charge in [0.1, 0.15) is 5.82 Å². The third kappa shape index (κ3) is 5.61. The number of nitrogens with zero attached hydrogens (tertiary/aromatic N) is 5. The molecule has 194 valence electrons. The summed E-state index contributed by atoms with van der Waals surface area (Å²) >= 11 is 0. The second-order valence-electron chi connectivity index (χ2n) is 9.07. The van der Waals surface area contributed by atoms with Gasteiger partial charge in [-0.05, 0) is 50.7 Å². The molecule has 0 bridgehead atoms. The number of carbonyl (C=O) groups is 2. The molecule has 1 aliphatic rings. The summed E-state index contributed by atoms with van der Waals surface area (Å²) in [5, 5.41) is 22.9. The third-order valence-corrected chi connectivity index (χ3v) is 6.61. The molecule has 0 amide bonds. The summed E-state index contributed by atoms with van der Waals surface area (Å²) in [7, 11) is 1.75. The number of methoxy groups -OCH3 is 1. The Morgan fingerprint density at radius 3 is 2.38 bits per heavy atom. The molecule has 0 aliphatic heterocycles. The van der Waals surface area contributed by atoms with E-state index in [0.29, 0.717) is 22.9 Å². The molecule has 1 saturated carbocycles. The highest BCUT2D eigenvalue weighted by Crippen LogP contribution is 2.39. The number of ether oxygens (including phenoxy) is 1. The minimum Gasteiger partial charge on any atom is -0.450 e. The number of hydrogen-bond acceptors (Lipinski definition) is 7. The highest BCUT2D eigenvalue weighted by Gasteiger charge is 2.29. The van der Waals surface area contributed by atoms with Crippen molar-refractivity contribution >= 4 is 23.4 Å². The van der Waals surface area contributed by atoms with Crippen molar-refractivity contribution in [1.29, 1.82) is 0 Å². The van der Waals surface area contributed by atoms with Gasteiger partial charge in [-0.3, -0.25) is 4.79 Å². The molecule has 0 unspecified atom stereocenters. The molecule has 4 aromatic rings. The summed E-state index contributed by atoms with van der Waals surface area (Å²) in [5.74, 6) is 1.02. The summed E-state index contributed by atoms with van der Waals surface area (Å²) < 4.78 is 8.74. The first-order chi connectivity index (χ1) is 17.8. The zero-order valence-corrected chi connectivity index (χ0v) is 20.7. The maximum atomic E-state index is 12.6. The van der Waals surface area contributed by atoms with E-state index in [4.69, 9.17) is 30.5 Å². The number of benzene rings is 1. The van der Waals surface area contributed by atoms with Crippen LogP contribution in [0.4, 0.5) is 10.6 Å². The lowest BCUT2D eigenvalue weighted by Gasteiger charge is -2.29. The van der Waals surface area contributed by atoms with E-state index in [2.05, 4.69) is 10.2 Å². The van der Waals surface area contributed by atoms with E-state index in [0.717, 1.165) is 54.8 Å². The maximum Gasteiger partial charge on any atom is 0.503 e. The zero-order valence-electron chi connectivity index (χ0n) is 20.7. The first-order valence-electron chi connectivity index (χ1n) is 12.0. The normalized spacial score (nSPS) is 17.2. The first kappa shape index (κ1) is 25.8. The van der Waals surface area contributed by atoms with Gasteiger partial charge in [0.15, 0.2) is 11.4 Å². The first-order valence-corrected chi connectivity index (χ1v) is 12.0.